The second kappa shape index (κ2) is 8.60. The van der Waals surface area contributed by atoms with Gasteiger partial charge in [0.25, 0.3) is 5.91 Å². The third-order valence-electron chi connectivity index (χ3n) is 6.23. The standard InChI is InChI=1S/C24H20F6N6O/c1-12-20(13(2)35(34-12)11-14-4-3-5-16(8-14)23(25,26)27)33-22(37)17-10-31-36-19(24(28,29)30)9-18(15-6-7-15)32-21(17)36/h3-5,8-10,15H,6-7,11H2,1-2H3,(H,33,37). The predicted octanol–water partition coefficient (Wildman–Crippen LogP) is 5.76. The Hall–Kier alpha value is -3.90. The van der Waals surface area contributed by atoms with Gasteiger partial charge in [-0.05, 0) is 50.5 Å². The minimum atomic E-state index is -4.69. The third-order valence-corrected chi connectivity index (χ3v) is 6.23. The molecule has 0 spiro atoms. The molecular formula is C24H20F6N6O. The van der Waals surface area contributed by atoms with Crippen LogP contribution >= 0.6 is 0 Å². The maximum atomic E-state index is 13.7. The average molecular weight is 522 g/mol. The fourth-order valence-corrected chi connectivity index (χ4v) is 4.16. The van der Waals surface area contributed by atoms with Crippen LogP contribution in [-0.2, 0) is 18.9 Å². The summed E-state index contributed by atoms with van der Waals surface area (Å²) in [6.07, 6.45) is -6.71. The topological polar surface area (TPSA) is 77.1 Å². The van der Waals surface area contributed by atoms with E-state index in [-0.39, 0.29) is 29.4 Å². The molecule has 3 heterocycles. The highest BCUT2D eigenvalue weighted by Crippen LogP contribution is 2.41. The Morgan fingerprint density at radius 1 is 1.08 bits per heavy atom. The van der Waals surface area contributed by atoms with E-state index in [1.165, 1.54) is 16.8 Å². The zero-order valence-electron chi connectivity index (χ0n) is 19.6. The minimum Gasteiger partial charge on any atom is -0.319 e. The first-order valence-electron chi connectivity index (χ1n) is 11.3. The van der Waals surface area contributed by atoms with E-state index < -0.39 is 29.5 Å². The van der Waals surface area contributed by atoms with Gasteiger partial charge in [0, 0.05) is 11.6 Å². The molecule has 0 bridgehead atoms. The number of anilines is 1. The number of nitrogens with one attached hydrogen (secondary N) is 1. The average Bonchev–Trinajstić information content (AvgIpc) is 3.53. The zero-order valence-corrected chi connectivity index (χ0v) is 19.6. The van der Waals surface area contributed by atoms with Crippen LogP contribution in [0.1, 0.15) is 63.0 Å². The van der Waals surface area contributed by atoms with E-state index in [2.05, 4.69) is 20.5 Å². The number of carbonyl (C=O) groups excluding carboxylic acids is 1. The van der Waals surface area contributed by atoms with E-state index in [1.807, 2.05) is 0 Å². The summed E-state index contributed by atoms with van der Waals surface area (Å²) in [5.41, 5.74) is -0.388. The molecule has 1 N–H and O–H groups in total. The molecule has 7 nitrogen and oxygen atoms in total. The molecule has 1 aliphatic rings. The van der Waals surface area contributed by atoms with Gasteiger partial charge in [0.15, 0.2) is 5.65 Å². The molecule has 0 unspecified atom stereocenters. The summed E-state index contributed by atoms with van der Waals surface area (Å²) in [6, 6.07) is 5.79. The van der Waals surface area contributed by atoms with Crippen LogP contribution in [0.5, 0.6) is 0 Å². The zero-order chi connectivity index (χ0) is 26.7. The van der Waals surface area contributed by atoms with Crippen LogP contribution in [0.4, 0.5) is 32.0 Å². The van der Waals surface area contributed by atoms with Crippen molar-refractivity contribution in [2.45, 2.75) is 51.5 Å². The smallest absolute Gasteiger partial charge is 0.319 e. The number of benzene rings is 1. The van der Waals surface area contributed by atoms with Crippen LogP contribution in [0.25, 0.3) is 5.65 Å². The predicted molar refractivity (Wildman–Crippen MR) is 120 cm³/mol. The summed E-state index contributed by atoms with van der Waals surface area (Å²) in [7, 11) is 0. The first-order valence-corrected chi connectivity index (χ1v) is 11.3. The molecule has 0 radical (unpaired) electrons. The Morgan fingerprint density at radius 3 is 2.46 bits per heavy atom. The molecule has 1 aromatic carbocycles. The van der Waals surface area contributed by atoms with Crippen molar-refractivity contribution in [2.75, 3.05) is 5.32 Å². The van der Waals surface area contributed by atoms with Crippen LogP contribution in [0, 0.1) is 13.8 Å². The molecule has 1 saturated carbocycles. The highest BCUT2D eigenvalue weighted by atomic mass is 19.4. The Balaban J connectivity index is 1.45. The maximum absolute atomic E-state index is 13.7. The molecule has 0 aliphatic heterocycles. The molecule has 13 heteroatoms. The van der Waals surface area contributed by atoms with Crippen LogP contribution in [-0.4, -0.2) is 30.3 Å². The SMILES string of the molecule is Cc1nn(Cc2cccc(C(F)(F)F)c2)c(C)c1NC(=O)c1cnn2c(C(F)(F)F)cc(C3CC3)nc12. The largest absolute Gasteiger partial charge is 0.433 e. The van der Waals surface area contributed by atoms with Gasteiger partial charge in [-0.15, -0.1) is 0 Å². The highest BCUT2D eigenvalue weighted by Gasteiger charge is 2.38. The van der Waals surface area contributed by atoms with Crippen molar-refractivity contribution >= 4 is 17.2 Å². The van der Waals surface area contributed by atoms with E-state index in [1.54, 1.807) is 13.8 Å². The van der Waals surface area contributed by atoms with E-state index in [9.17, 15) is 31.1 Å². The Kier molecular flexibility index (Phi) is 5.76. The maximum Gasteiger partial charge on any atom is 0.433 e. The van der Waals surface area contributed by atoms with Crippen LogP contribution in [0.15, 0.2) is 36.5 Å². The number of fused-ring (bicyclic) bond motifs is 1. The van der Waals surface area contributed by atoms with Crippen molar-refractivity contribution < 1.29 is 31.1 Å². The van der Waals surface area contributed by atoms with Gasteiger partial charge in [0.2, 0.25) is 0 Å². The molecule has 194 valence electrons. The van der Waals surface area contributed by atoms with Crippen molar-refractivity contribution in [3.05, 3.63) is 76.0 Å². The minimum absolute atomic E-state index is 0.0183. The summed E-state index contributed by atoms with van der Waals surface area (Å²) in [4.78, 5) is 17.4. The first kappa shape index (κ1) is 24.8. The Labute approximate surface area is 206 Å². The molecular weight excluding hydrogens is 502 g/mol. The lowest BCUT2D eigenvalue weighted by Gasteiger charge is -2.11. The fraction of sp³-hybridized carbons (Fsp3) is 0.333. The molecule has 0 atom stereocenters. The van der Waals surface area contributed by atoms with Gasteiger partial charge in [0.05, 0.1) is 35.4 Å². The third kappa shape index (κ3) is 4.77. The van der Waals surface area contributed by atoms with E-state index in [0.29, 0.717) is 27.2 Å². The number of hydrogen-bond donors (Lipinski definition) is 1. The number of aromatic nitrogens is 5. The van der Waals surface area contributed by atoms with Gasteiger partial charge in [0.1, 0.15) is 11.3 Å². The number of rotatable bonds is 5. The summed E-state index contributed by atoms with van der Waals surface area (Å²) >= 11 is 0. The Morgan fingerprint density at radius 2 is 1.81 bits per heavy atom. The number of aryl methyl sites for hydroxylation is 1. The number of amides is 1. The summed E-state index contributed by atoms with van der Waals surface area (Å²) in [5.74, 6) is -0.816. The van der Waals surface area contributed by atoms with Crippen molar-refractivity contribution in [3.8, 4) is 0 Å². The molecule has 3 aromatic heterocycles. The number of halogens is 6. The fourth-order valence-electron chi connectivity index (χ4n) is 4.16. The summed E-state index contributed by atoms with van der Waals surface area (Å²) in [6.45, 7) is 3.25. The van der Waals surface area contributed by atoms with E-state index >= 15 is 0 Å². The molecule has 1 amide bonds. The second-order valence-corrected chi connectivity index (χ2v) is 8.99. The lowest BCUT2D eigenvalue weighted by molar-refractivity contribution is -0.142. The number of carbonyl (C=O) groups is 1. The van der Waals surface area contributed by atoms with Gasteiger partial charge in [-0.3, -0.25) is 9.48 Å². The lowest BCUT2D eigenvalue weighted by atomic mass is 10.1. The monoisotopic (exact) mass is 522 g/mol. The van der Waals surface area contributed by atoms with Crippen molar-refractivity contribution in [1.29, 1.82) is 0 Å². The Bertz CT molecular complexity index is 1510. The normalized spacial score (nSPS) is 14.4. The molecule has 5 rings (SSSR count). The number of nitrogens with zero attached hydrogens (tertiary/aromatic N) is 5. The highest BCUT2D eigenvalue weighted by molar-refractivity contribution is 6.08. The molecule has 1 aliphatic carbocycles. The molecule has 37 heavy (non-hydrogen) atoms. The van der Waals surface area contributed by atoms with Gasteiger partial charge in [-0.25, -0.2) is 9.50 Å². The number of hydrogen-bond acceptors (Lipinski definition) is 4. The van der Waals surface area contributed by atoms with Gasteiger partial charge < -0.3 is 5.32 Å². The van der Waals surface area contributed by atoms with Crippen LogP contribution in [0.3, 0.4) is 0 Å². The summed E-state index contributed by atoms with van der Waals surface area (Å²) < 4.78 is 82.2. The number of alkyl halides is 6. The van der Waals surface area contributed by atoms with Crippen molar-refractivity contribution in [3.63, 3.8) is 0 Å². The van der Waals surface area contributed by atoms with Gasteiger partial charge in [-0.1, -0.05) is 12.1 Å². The second-order valence-electron chi connectivity index (χ2n) is 8.99. The lowest BCUT2D eigenvalue weighted by Crippen LogP contribution is -2.16. The first-order chi connectivity index (χ1) is 17.3. The van der Waals surface area contributed by atoms with E-state index in [0.717, 1.165) is 37.2 Å². The summed E-state index contributed by atoms with van der Waals surface area (Å²) in [5, 5.41) is 10.7. The molecule has 1 fully saturated rings. The quantitative estimate of drug-likeness (QED) is 0.338. The van der Waals surface area contributed by atoms with Crippen LogP contribution in [0.2, 0.25) is 0 Å². The van der Waals surface area contributed by atoms with Gasteiger partial charge in [-0.2, -0.15) is 36.5 Å². The van der Waals surface area contributed by atoms with E-state index in [4.69, 9.17) is 0 Å². The molecule has 4 aromatic rings. The van der Waals surface area contributed by atoms with Gasteiger partial charge >= 0.3 is 12.4 Å². The molecule has 0 saturated heterocycles. The van der Waals surface area contributed by atoms with Crippen LogP contribution < -0.4 is 5.32 Å². The van der Waals surface area contributed by atoms with Crippen molar-refractivity contribution in [1.82, 2.24) is 24.4 Å². The van der Waals surface area contributed by atoms with Crippen molar-refractivity contribution in [2.24, 2.45) is 0 Å².